The topological polar surface area (TPSA) is 100 Å². The molecule has 1 aliphatic carbocycles. The fourth-order valence-corrected chi connectivity index (χ4v) is 5.05. The van der Waals surface area contributed by atoms with Crippen molar-refractivity contribution in [2.75, 3.05) is 23.3 Å². The molecule has 2 aromatic heterocycles. The van der Waals surface area contributed by atoms with Gasteiger partial charge in [0, 0.05) is 25.7 Å². The van der Waals surface area contributed by atoms with Crippen molar-refractivity contribution >= 4 is 44.4 Å². The molecule has 1 aromatic carbocycles. The number of anilines is 2. The van der Waals surface area contributed by atoms with Gasteiger partial charge in [-0.05, 0) is 71.8 Å². The fraction of sp³-hybridized carbons (Fsp3) is 0.391. The molecule has 1 aliphatic heterocycles. The monoisotopic (exact) mass is 497 g/mol. The number of nitrogens with zero attached hydrogens (tertiary/aromatic N) is 4. The average molecular weight is 498 g/mol. The maximum atomic E-state index is 13.2. The third kappa shape index (κ3) is 3.54. The van der Waals surface area contributed by atoms with Crippen LogP contribution >= 0.6 is 15.9 Å². The van der Waals surface area contributed by atoms with E-state index in [2.05, 4.69) is 31.1 Å². The summed E-state index contributed by atoms with van der Waals surface area (Å²) in [5.41, 5.74) is 2.72. The molecule has 0 radical (unpaired) electrons. The Balaban J connectivity index is 1.60. The van der Waals surface area contributed by atoms with Gasteiger partial charge in [-0.25, -0.2) is 14.8 Å². The van der Waals surface area contributed by atoms with Crippen LogP contribution in [0.2, 0.25) is 0 Å². The first kappa shape index (κ1) is 20.9. The third-order valence-electron chi connectivity index (χ3n) is 6.49. The largest absolute Gasteiger partial charge is 0.476 e. The Morgan fingerprint density at radius 3 is 2.66 bits per heavy atom. The first-order chi connectivity index (χ1) is 15.2. The van der Waals surface area contributed by atoms with Crippen molar-refractivity contribution in [1.82, 2.24) is 14.5 Å². The summed E-state index contributed by atoms with van der Waals surface area (Å²) in [5, 5.41) is 13.4. The van der Waals surface area contributed by atoms with Crippen molar-refractivity contribution in [2.45, 2.75) is 26.3 Å². The zero-order valence-electron chi connectivity index (χ0n) is 18.1. The lowest BCUT2D eigenvalue weighted by Crippen LogP contribution is -2.31. The van der Waals surface area contributed by atoms with Gasteiger partial charge >= 0.3 is 5.97 Å². The highest BCUT2D eigenvalue weighted by molar-refractivity contribution is 9.10. The number of halogens is 1. The van der Waals surface area contributed by atoms with Crippen LogP contribution in [0, 0.1) is 18.8 Å². The van der Waals surface area contributed by atoms with Gasteiger partial charge < -0.3 is 15.3 Å². The molecule has 0 spiro atoms. The predicted octanol–water partition coefficient (Wildman–Crippen LogP) is 3.73. The molecule has 2 aliphatic rings. The lowest BCUT2D eigenvalue weighted by atomic mass is 10.0. The normalized spacial score (nSPS) is 20.3. The van der Waals surface area contributed by atoms with Crippen molar-refractivity contribution < 1.29 is 9.90 Å². The molecule has 32 heavy (non-hydrogen) atoms. The maximum absolute atomic E-state index is 13.2. The zero-order chi connectivity index (χ0) is 22.7. The second-order valence-electron chi connectivity index (χ2n) is 8.89. The fourth-order valence-electron chi connectivity index (χ4n) is 4.74. The number of hydrogen-bond donors (Lipinski definition) is 2. The van der Waals surface area contributed by atoms with Gasteiger partial charge in [-0.15, -0.1) is 0 Å². The van der Waals surface area contributed by atoms with E-state index < -0.39 is 5.97 Å². The van der Waals surface area contributed by atoms with Crippen molar-refractivity contribution in [1.29, 1.82) is 0 Å². The highest BCUT2D eigenvalue weighted by atomic mass is 79.9. The Morgan fingerprint density at radius 1 is 1.25 bits per heavy atom. The van der Waals surface area contributed by atoms with Crippen LogP contribution in [0.5, 0.6) is 0 Å². The second-order valence-corrected chi connectivity index (χ2v) is 9.70. The van der Waals surface area contributed by atoms with Gasteiger partial charge in [0.1, 0.15) is 4.60 Å². The molecule has 3 heterocycles. The number of nitrogens with one attached hydrogen (secondary N) is 1. The average Bonchev–Trinajstić information content (AvgIpc) is 3.36. The van der Waals surface area contributed by atoms with Crippen LogP contribution in [0.15, 0.2) is 33.7 Å². The second kappa shape index (κ2) is 7.58. The summed E-state index contributed by atoms with van der Waals surface area (Å²) in [6.45, 7) is 5.77. The van der Waals surface area contributed by atoms with E-state index in [0.717, 1.165) is 36.1 Å². The minimum atomic E-state index is -1.11. The van der Waals surface area contributed by atoms with Crippen LogP contribution in [-0.2, 0) is 7.05 Å². The molecule has 2 N–H and O–H groups in total. The number of rotatable bonds is 5. The first-order valence-corrected chi connectivity index (χ1v) is 11.4. The van der Waals surface area contributed by atoms with E-state index in [1.54, 1.807) is 23.7 Å². The predicted molar refractivity (Wildman–Crippen MR) is 126 cm³/mol. The molecule has 166 valence electrons. The van der Waals surface area contributed by atoms with Crippen LogP contribution in [0.25, 0.3) is 10.9 Å². The SMILES string of the molecule is Cc1cc(C(C)Nc2ccc(Br)nc2C(=O)O)c2nc(N3CC4CC4C3)n(C)c(=O)c2c1. The molecule has 0 bridgehead atoms. The van der Waals surface area contributed by atoms with Crippen molar-refractivity contribution in [3.8, 4) is 0 Å². The van der Waals surface area contributed by atoms with Crippen LogP contribution in [-0.4, -0.2) is 38.7 Å². The highest BCUT2D eigenvalue weighted by Crippen LogP contribution is 2.46. The summed E-state index contributed by atoms with van der Waals surface area (Å²) in [6, 6.07) is 6.96. The number of hydrogen-bond acceptors (Lipinski definition) is 6. The molecule has 0 amide bonds. The number of benzene rings is 1. The number of aromatic nitrogens is 3. The van der Waals surface area contributed by atoms with E-state index >= 15 is 0 Å². The molecule has 1 saturated carbocycles. The molecular formula is C23H24BrN5O3. The van der Waals surface area contributed by atoms with E-state index in [1.807, 2.05) is 26.0 Å². The molecule has 3 aromatic rings. The van der Waals surface area contributed by atoms with Crippen molar-refractivity contribution in [3.63, 3.8) is 0 Å². The Kier molecular flexibility index (Phi) is 4.96. The maximum Gasteiger partial charge on any atom is 0.356 e. The molecule has 2 fully saturated rings. The van der Waals surface area contributed by atoms with E-state index in [-0.39, 0.29) is 17.3 Å². The van der Waals surface area contributed by atoms with Gasteiger partial charge in [-0.3, -0.25) is 9.36 Å². The summed E-state index contributed by atoms with van der Waals surface area (Å²) in [6.07, 6.45) is 1.27. The van der Waals surface area contributed by atoms with Gasteiger partial charge in [0.2, 0.25) is 5.95 Å². The summed E-state index contributed by atoms with van der Waals surface area (Å²) < 4.78 is 2.10. The molecule has 3 unspecified atom stereocenters. The van der Waals surface area contributed by atoms with Gasteiger partial charge in [0.15, 0.2) is 5.69 Å². The number of aromatic carboxylic acids is 1. The van der Waals surface area contributed by atoms with Crippen LogP contribution in [0.4, 0.5) is 11.6 Å². The molecule has 1 saturated heterocycles. The van der Waals surface area contributed by atoms with Crippen molar-refractivity contribution in [3.05, 3.63) is 56.0 Å². The van der Waals surface area contributed by atoms with Crippen LogP contribution in [0.3, 0.4) is 0 Å². The van der Waals surface area contributed by atoms with E-state index in [1.165, 1.54) is 6.42 Å². The number of fused-ring (bicyclic) bond motifs is 2. The van der Waals surface area contributed by atoms with E-state index in [9.17, 15) is 14.7 Å². The Labute approximate surface area is 193 Å². The number of aryl methyl sites for hydroxylation is 1. The number of pyridine rings is 1. The number of carboxylic acid groups (broad SMARTS) is 1. The lowest BCUT2D eigenvalue weighted by molar-refractivity contribution is 0.0691. The van der Waals surface area contributed by atoms with E-state index in [0.29, 0.717) is 27.1 Å². The lowest BCUT2D eigenvalue weighted by Gasteiger charge is -2.24. The molecule has 3 atom stereocenters. The number of carboxylic acids is 1. The molecule has 8 nitrogen and oxygen atoms in total. The summed E-state index contributed by atoms with van der Waals surface area (Å²) in [4.78, 5) is 36.2. The summed E-state index contributed by atoms with van der Waals surface area (Å²) >= 11 is 3.23. The molecule has 5 rings (SSSR count). The van der Waals surface area contributed by atoms with Crippen LogP contribution < -0.4 is 15.8 Å². The van der Waals surface area contributed by atoms with Gasteiger partial charge in [-0.1, -0.05) is 6.07 Å². The number of piperidine rings is 1. The zero-order valence-corrected chi connectivity index (χ0v) is 19.7. The summed E-state index contributed by atoms with van der Waals surface area (Å²) in [7, 11) is 1.78. The summed E-state index contributed by atoms with van der Waals surface area (Å²) in [5.74, 6) is 1.03. The standard InChI is InChI=1S/C23H24BrN5O3/c1-11-6-15(12(2)25-17-4-5-18(24)26-20(17)22(31)32)19-16(7-11)21(30)28(3)23(27-19)29-9-13-8-14(13)10-29/h4-7,12-14,25H,8-10H2,1-3H3,(H,31,32). The smallest absolute Gasteiger partial charge is 0.356 e. The Morgan fingerprint density at radius 2 is 1.97 bits per heavy atom. The quantitative estimate of drug-likeness (QED) is 0.517. The molecular weight excluding hydrogens is 474 g/mol. The minimum Gasteiger partial charge on any atom is -0.476 e. The van der Waals surface area contributed by atoms with Gasteiger partial charge in [0.25, 0.3) is 5.56 Å². The first-order valence-electron chi connectivity index (χ1n) is 10.7. The minimum absolute atomic E-state index is 0.0657. The highest BCUT2D eigenvalue weighted by Gasteiger charge is 2.46. The third-order valence-corrected chi connectivity index (χ3v) is 6.94. The Bertz CT molecular complexity index is 1310. The Hall–Kier alpha value is -2.94. The van der Waals surface area contributed by atoms with Gasteiger partial charge in [0.05, 0.1) is 22.6 Å². The van der Waals surface area contributed by atoms with Crippen molar-refractivity contribution in [2.24, 2.45) is 18.9 Å². The molecule has 9 heteroatoms. The van der Waals surface area contributed by atoms with E-state index in [4.69, 9.17) is 4.98 Å². The van der Waals surface area contributed by atoms with Gasteiger partial charge in [-0.2, -0.15) is 0 Å². The van der Waals surface area contributed by atoms with Crippen LogP contribution in [0.1, 0.15) is 41.0 Å². The number of carbonyl (C=O) groups is 1.